The number of nitrogens with zero attached hydrogens (tertiary/aromatic N) is 6. The minimum atomic E-state index is -0.463. The maximum absolute atomic E-state index is 13.4. The van der Waals surface area contributed by atoms with Gasteiger partial charge in [-0.2, -0.15) is 0 Å². The van der Waals surface area contributed by atoms with Crippen LogP contribution in [0.4, 0.5) is 11.4 Å². The number of amidine groups is 1. The topological polar surface area (TPSA) is 94.7 Å². The van der Waals surface area contributed by atoms with Crippen molar-refractivity contribution in [3.63, 3.8) is 0 Å². The van der Waals surface area contributed by atoms with E-state index in [-0.39, 0.29) is 69.5 Å². The van der Waals surface area contributed by atoms with E-state index < -0.39 is 4.92 Å². The first-order valence-electron chi connectivity index (χ1n) is 10.6. The molecule has 3 heterocycles. The van der Waals surface area contributed by atoms with Crippen molar-refractivity contribution in [2.75, 3.05) is 44.7 Å². The summed E-state index contributed by atoms with van der Waals surface area (Å²) >= 11 is 6.43. The van der Waals surface area contributed by atoms with Gasteiger partial charge >= 0.3 is 51.4 Å². The van der Waals surface area contributed by atoms with Gasteiger partial charge in [-0.3, -0.25) is 24.8 Å². The fraction of sp³-hybridized carbons (Fsp3) is 0.261. The molecule has 34 heavy (non-hydrogen) atoms. The number of nitro groups is 1. The Morgan fingerprint density at radius 1 is 1.09 bits per heavy atom. The Labute approximate surface area is 244 Å². The molecule has 1 fully saturated rings. The van der Waals surface area contributed by atoms with E-state index in [0.29, 0.717) is 39.1 Å². The average Bonchev–Trinajstić information content (AvgIpc) is 3.01. The van der Waals surface area contributed by atoms with Crippen molar-refractivity contribution >= 4 is 91.8 Å². The molecule has 0 unspecified atom stereocenters. The molecule has 170 valence electrons. The van der Waals surface area contributed by atoms with Crippen LogP contribution < -0.4 is 4.90 Å². The third-order valence-electron chi connectivity index (χ3n) is 5.97. The molecule has 9 nitrogen and oxygen atoms in total. The number of carbonyl (C=O) groups is 1. The Bertz CT molecular complexity index is 1250. The molecule has 0 bridgehead atoms. The van der Waals surface area contributed by atoms with Gasteiger partial charge in [0.05, 0.1) is 22.9 Å². The van der Waals surface area contributed by atoms with Gasteiger partial charge in [-0.25, -0.2) is 4.99 Å². The number of anilines is 1. The standard InChI is InChI=1S/C23H21ClN6O3.K.H/c1-27-8-10-28(11-9-27)14-19-23(31)29-20-7-6-15(30(32)33)12-17(20)22(25-13-21(29)26-19)16-4-2-3-5-18(16)24;;/h2-7,12,14H,8-11,13H2,1H3;;/b19-14-;;. The van der Waals surface area contributed by atoms with Crippen LogP contribution in [0.15, 0.2) is 64.3 Å². The van der Waals surface area contributed by atoms with Gasteiger partial charge in [0.1, 0.15) is 11.5 Å². The zero-order valence-corrected chi connectivity index (χ0v) is 18.7. The molecule has 1 amide bonds. The Balaban J connectivity index is 0.00000274. The second kappa shape index (κ2) is 10.4. The first-order chi connectivity index (χ1) is 15.9. The molecule has 0 aromatic heterocycles. The summed E-state index contributed by atoms with van der Waals surface area (Å²) in [5, 5.41) is 12.0. The number of hydrogen-bond donors (Lipinski definition) is 0. The normalized spacial score (nSPS) is 19.1. The van der Waals surface area contributed by atoms with Gasteiger partial charge in [0, 0.05) is 60.7 Å². The van der Waals surface area contributed by atoms with Crippen molar-refractivity contribution in [3.05, 3.63) is 80.6 Å². The molecule has 5 rings (SSSR count). The predicted molar refractivity (Wildman–Crippen MR) is 134 cm³/mol. The van der Waals surface area contributed by atoms with Gasteiger partial charge in [0.25, 0.3) is 11.6 Å². The van der Waals surface area contributed by atoms with Gasteiger partial charge in [-0.05, 0) is 19.2 Å². The summed E-state index contributed by atoms with van der Waals surface area (Å²) in [6.07, 6.45) is 1.81. The summed E-state index contributed by atoms with van der Waals surface area (Å²) in [6.45, 7) is 3.60. The van der Waals surface area contributed by atoms with Gasteiger partial charge in [0.15, 0.2) is 0 Å². The third kappa shape index (κ3) is 4.76. The van der Waals surface area contributed by atoms with Crippen molar-refractivity contribution in [1.82, 2.24) is 9.80 Å². The number of fused-ring (bicyclic) bond motifs is 3. The molecular formula is C23H22ClKN6O3. The number of rotatable bonds is 3. The molecule has 3 aliphatic rings. The van der Waals surface area contributed by atoms with E-state index in [2.05, 4.69) is 21.8 Å². The molecule has 2 aromatic carbocycles. The van der Waals surface area contributed by atoms with Crippen molar-refractivity contribution in [1.29, 1.82) is 0 Å². The monoisotopic (exact) mass is 504 g/mol. The summed E-state index contributed by atoms with van der Waals surface area (Å²) in [6, 6.07) is 11.6. The third-order valence-corrected chi connectivity index (χ3v) is 6.30. The van der Waals surface area contributed by atoms with Crippen LogP contribution in [0.5, 0.6) is 0 Å². The van der Waals surface area contributed by atoms with Crippen LogP contribution in [0.1, 0.15) is 11.1 Å². The molecule has 0 spiro atoms. The second-order valence-corrected chi connectivity index (χ2v) is 8.53. The number of benzene rings is 2. The van der Waals surface area contributed by atoms with E-state index in [1.165, 1.54) is 17.0 Å². The number of amides is 1. The molecule has 0 saturated carbocycles. The summed E-state index contributed by atoms with van der Waals surface area (Å²) in [7, 11) is 2.07. The zero-order chi connectivity index (χ0) is 23.1. The first-order valence-corrected chi connectivity index (χ1v) is 10.9. The van der Waals surface area contributed by atoms with E-state index in [0.717, 1.165) is 26.2 Å². The Morgan fingerprint density at radius 2 is 1.82 bits per heavy atom. The Kier molecular flexibility index (Phi) is 7.68. The molecule has 1 saturated heterocycles. The van der Waals surface area contributed by atoms with Crippen LogP contribution in [0.25, 0.3) is 0 Å². The fourth-order valence-electron chi connectivity index (χ4n) is 4.17. The van der Waals surface area contributed by atoms with E-state index in [1.54, 1.807) is 24.4 Å². The number of non-ortho nitro benzene ring substituents is 1. The summed E-state index contributed by atoms with van der Waals surface area (Å²) in [5.41, 5.74) is 2.36. The number of hydrogen-bond acceptors (Lipinski definition) is 7. The number of likely N-dealkylation sites (N-methyl/N-ethyl adjacent to an activating group) is 1. The molecule has 3 aliphatic heterocycles. The van der Waals surface area contributed by atoms with Crippen molar-refractivity contribution < 1.29 is 9.72 Å². The Hall–Kier alpha value is -1.92. The summed E-state index contributed by atoms with van der Waals surface area (Å²) < 4.78 is 0. The molecule has 2 aromatic rings. The zero-order valence-electron chi connectivity index (χ0n) is 17.9. The van der Waals surface area contributed by atoms with Gasteiger partial charge in [-0.15, -0.1) is 0 Å². The van der Waals surface area contributed by atoms with Gasteiger partial charge in [0.2, 0.25) is 0 Å². The first kappa shape index (κ1) is 25.2. The second-order valence-electron chi connectivity index (χ2n) is 8.13. The van der Waals surface area contributed by atoms with Crippen LogP contribution >= 0.6 is 11.6 Å². The van der Waals surface area contributed by atoms with Crippen LogP contribution in [-0.2, 0) is 4.79 Å². The maximum atomic E-state index is 13.4. The van der Waals surface area contributed by atoms with Gasteiger partial charge in [-0.1, -0.05) is 29.8 Å². The average molecular weight is 505 g/mol. The fourth-order valence-corrected chi connectivity index (χ4v) is 4.40. The Morgan fingerprint density at radius 3 is 2.53 bits per heavy atom. The molecule has 0 atom stereocenters. The summed E-state index contributed by atoms with van der Waals surface area (Å²) in [4.78, 5) is 39.6. The van der Waals surface area contributed by atoms with E-state index >= 15 is 0 Å². The van der Waals surface area contributed by atoms with Crippen LogP contribution in [0.3, 0.4) is 0 Å². The van der Waals surface area contributed by atoms with Crippen molar-refractivity contribution in [3.8, 4) is 0 Å². The molecule has 0 aliphatic carbocycles. The van der Waals surface area contributed by atoms with Gasteiger partial charge < -0.3 is 9.80 Å². The quantitative estimate of drug-likeness (QED) is 0.276. The summed E-state index contributed by atoms with van der Waals surface area (Å²) in [5.74, 6) is 0.215. The van der Waals surface area contributed by atoms with Crippen LogP contribution in [-0.4, -0.2) is 123 Å². The van der Waals surface area contributed by atoms with E-state index in [9.17, 15) is 14.9 Å². The van der Waals surface area contributed by atoms with Crippen molar-refractivity contribution in [2.24, 2.45) is 9.98 Å². The van der Waals surface area contributed by atoms with E-state index in [1.807, 2.05) is 12.1 Å². The molecular weight excluding hydrogens is 483 g/mol. The SMILES string of the molecule is CN1CCN(/C=C2\N=C3CN=C(c4ccccc4Cl)c4cc([N+](=O)[O-])ccc4N3C2=O)CC1.[KH]. The minimum absolute atomic E-state index is 0. The van der Waals surface area contributed by atoms with E-state index in [4.69, 9.17) is 16.6 Å². The van der Waals surface area contributed by atoms with Crippen molar-refractivity contribution in [2.45, 2.75) is 0 Å². The number of piperazine rings is 1. The van der Waals surface area contributed by atoms with Crippen LogP contribution in [0, 0.1) is 10.1 Å². The molecule has 0 radical (unpaired) electrons. The number of carbonyl (C=O) groups excluding carboxylic acids is 1. The van der Waals surface area contributed by atoms with Crippen LogP contribution in [0.2, 0.25) is 5.02 Å². The molecule has 0 N–H and O–H groups in total. The molecule has 11 heteroatoms. The number of nitro benzene ring substituents is 1. The number of halogens is 1. The predicted octanol–water partition coefficient (Wildman–Crippen LogP) is 2.28. The number of aliphatic imine (C=N–C) groups is 2.